The number of nitrogens with one attached hydrogen (secondary N) is 1. The molecule has 18 heavy (non-hydrogen) atoms. The van der Waals surface area contributed by atoms with Crippen LogP contribution in [0.4, 0.5) is 11.5 Å². The summed E-state index contributed by atoms with van der Waals surface area (Å²) in [6, 6.07) is 3.57. The molecule has 0 aromatic carbocycles. The SMILES string of the molecule is COc1nc(NCCc2nncn2C)ccc1N. The average molecular weight is 248 g/mol. The summed E-state index contributed by atoms with van der Waals surface area (Å²) in [6.07, 6.45) is 2.45. The zero-order valence-corrected chi connectivity index (χ0v) is 10.4. The van der Waals surface area contributed by atoms with Crippen molar-refractivity contribution in [2.75, 3.05) is 24.7 Å². The third-order valence-corrected chi connectivity index (χ3v) is 2.54. The standard InChI is InChI=1S/C11H16N6O/c1-17-7-14-16-10(17)5-6-13-9-4-3-8(12)11(15-9)18-2/h3-4,7H,5-6,12H2,1-2H3,(H,13,15). The number of aromatic nitrogens is 4. The van der Waals surface area contributed by atoms with E-state index >= 15 is 0 Å². The van der Waals surface area contributed by atoms with Crippen molar-refractivity contribution in [3.8, 4) is 5.88 Å². The van der Waals surface area contributed by atoms with Gasteiger partial charge >= 0.3 is 0 Å². The molecular weight excluding hydrogens is 232 g/mol. The number of nitrogen functional groups attached to an aromatic ring is 1. The number of nitrogens with zero attached hydrogens (tertiary/aromatic N) is 4. The fraction of sp³-hybridized carbons (Fsp3) is 0.364. The molecule has 0 saturated carbocycles. The lowest BCUT2D eigenvalue weighted by Gasteiger charge is -2.08. The molecule has 2 heterocycles. The Labute approximate surface area is 105 Å². The first-order chi connectivity index (χ1) is 8.70. The van der Waals surface area contributed by atoms with E-state index in [1.165, 1.54) is 0 Å². The highest BCUT2D eigenvalue weighted by Crippen LogP contribution is 2.19. The zero-order chi connectivity index (χ0) is 13.0. The number of ether oxygens (including phenoxy) is 1. The van der Waals surface area contributed by atoms with Gasteiger partial charge in [-0.2, -0.15) is 4.98 Å². The Hall–Kier alpha value is -2.31. The van der Waals surface area contributed by atoms with Crippen LogP contribution in [0.25, 0.3) is 0 Å². The van der Waals surface area contributed by atoms with Crippen LogP contribution in [-0.2, 0) is 13.5 Å². The molecule has 7 nitrogen and oxygen atoms in total. The average Bonchev–Trinajstić information content (AvgIpc) is 2.77. The Bertz CT molecular complexity index is 524. The number of pyridine rings is 1. The van der Waals surface area contributed by atoms with Gasteiger partial charge in [0.05, 0.1) is 12.8 Å². The number of methoxy groups -OCH3 is 1. The molecule has 2 aromatic rings. The minimum Gasteiger partial charge on any atom is -0.479 e. The molecule has 3 N–H and O–H groups in total. The van der Waals surface area contributed by atoms with Gasteiger partial charge in [-0.3, -0.25) is 0 Å². The van der Waals surface area contributed by atoms with Crippen molar-refractivity contribution in [3.05, 3.63) is 24.3 Å². The molecular formula is C11H16N6O. The van der Waals surface area contributed by atoms with Crippen LogP contribution in [0.5, 0.6) is 5.88 Å². The zero-order valence-electron chi connectivity index (χ0n) is 10.4. The second-order valence-corrected chi connectivity index (χ2v) is 3.83. The first-order valence-electron chi connectivity index (χ1n) is 5.58. The maximum atomic E-state index is 5.69. The molecule has 7 heteroatoms. The van der Waals surface area contributed by atoms with Crippen LogP contribution < -0.4 is 15.8 Å². The van der Waals surface area contributed by atoms with E-state index in [4.69, 9.17) is 10.5 Å². The van der Waals surface area contributed by atoms with E-state index in [2.05, 4.69) is 20.5 Å². The minimum absolute atomic E-state index is 0.429. The summed E-state index contributed by atoms with van der Waals surface area (Å²) in [6.45, 7) is 0.715. The number of hydrogen-bond donors (Lipinski definition) is 2. The summed E-state index contributed by atoms with van der Waals surface area (Å²) in [4.78, 5) is 4.23. The highest BCUT2D eigenvalue weighted by molar-refractivity contribution is 5.53. The van der Waals surface area contributed by atoms with Gasteiger partial charge in [-0.05, 0) is 12.1 Å². The highest BCUT2D eigenvalue weighted by Gasteiger charge is 2.04. The van der Waals surface area contributed by atoms with Crippen LogP contribution >= 0.6 is 0 Å². The molecule has 0 fully saturated rings. The normalized spacial score (nSPS) is 10.3. The van der Waals surface area contributed by atoms with E-state index in [-0.39, 0.29) is 0 Å². The van der Waals surface area contributed by atoms with Gasteiger partial charge in [-0.1, -0.05) is 0 Å². The smallest absolute Gasteiger partial charge is 0.238 e. The quantitative estimate of drug-likeness (QED) is 0.798. The first-order valence-corrected chi connectivity index (χ1v) is 5.58. The Balaban J connectivity index is 1.92. The number of rotatable bonds is 5. The lowest BCUT2D eigenvalue weighted by Crippen LogP contribution is -2.10. The molecule has 0 saturated heterocycles. The van der Waals surface area contributed by atoms with Crippen molar-refractivity contribution >= 4 is 11.5 Å². The summed E-state index contributed by atoms with van der Waals surface area (Å²) in [5, 5.41) is 11.0. The summed E-state index contributed by atoms with van der Waals surface area (Å²) in [5.74, 6) is 2.08. The molecule has 0 aliphatic heterocycles. The lowest BCUT2D eigenvalue weighted by molar-refractivity contribution is 0.401. The van der Waals surface area contributed by atoms with Crippen molar-refractivity contribution in [3.63, 3.8) is 0 Å². The van der Waals surface area contributed by atoms with Gasteiger partial charge in [0.1, 0.15) is 18.0 Å². The monoisotopic (exact) mass is 248 g/mol. The van der Waals surface area contributed by atoms with Gasteiger partial charge in [-0.25, -0.2) is 0 Å². The van der Waals surface area contributed by atoms with Crippen molar-refractivity contribution < 1.29 is 4.74 Å². The third-order valence-electron chi connectivity index (χ3n) is 2.54. The number of anilines is 2. The van der Waals surface area contributed by atoms with Crippen LogP contribution in [0.15, 0.2) is 18.5 Å². The molecule has 0 aliphatic carbocycles. The van der Waals surface area contributed by atoms with Gasteiger partial charge in [-0.15, -0.1) is 10.2 Å². The second-order valence-electron chi connectivity index (χ2n) is 3.83. The maximum Gasteiger partial charge on any atom is 0.238 e. The summed E-state index contributed by atoms with van der Waals surface area (Å²) in [7, 11) is 3.46. The van der Waals surface area contributed by atoms with E-state index in [1.54, 1.807) is 19.5 Å². The first kappa shape index (κ1) is 12.2. The predicted octanol–water partition coefficient (Wildman–Crippen LogP) is 0.455. The molecule has 0 spiro atoms. The van der Waals surface area contributed by atoms with Crippen LogP contribution in [0.2, 0.25) is 0 Å². The topological polar surface area (TPSA) is 90.9 Å². The number of aryl methyl sites for hydroxylation is 1. The van der Waals surface area contributed by atoms with Gasteiger partial charge in [0, 0.05) is 20.0 Å². The van der Waals surface area contributed by atoms with Crippen LogP contribution in [0, 0.1) is 0 Å². The Morgan fingerprint density at radius 3 is 2.94 bits per heavy atom. The van der Waals surface area contributed by atoms with Crippen LogP contribution in [0.3, 0.4) is 0 Å². The third kappa shape index (κ3) is 2.68. The molecule has 96 valence electrons. The molecule has 0 aliphatic rings. The van der Waals surface area contributed by atoms with Gasteiger partial charge in [0.2, 0.25) is 5.88 Å². The van der Waals surface area contributed by atoms with E-state index in [0.29, 0.717) is 18.1 Å². The summed E-state index contributed by atoms with van der Waals surface area (Å²) < 4.78 is 6.94. The van der Waals surface area contributed by atoms with Gasteiger partial charge < -0.3 is 20.4 Å². The summed E-state index contributed by atoms with van der Waals surface area (Å²) >= 11 is 0. The molecule has 0 unspecified atom stereocenters. The van der Waals surface area contributed by atoms with E-state index in [9.17, 15) is 0 Å². The predicted molar refractivity (Wildman–Crippen MR) is 68.4 cm³/mol. The Morgan fingerprint density at radius 1 is 1.44 bits per heavy atom. The molecule has 0 amide bonds. The number of nitrogens with two attached hydrogens (primary N) is 1. The van der Waals surface area contributed by atoms with E-state index < -0.39 is 0 Å². The van der Waals surface area contributed by atoms with Gasteiger partial charge in [0.15, 0.2) is 0 Å². The van der Waals surface area contributed by atoms with Gasteiger partial charge in [0.25, 0.3) is 0 Å². The van der Waals surface area contributed by atoms with E-state index in [0.717, 1.165) is 18.1 Å². The van der Waals surface area contributed by atoms with Crippen molar-refractivity contribution in [2.45, 2.75) is 6.42 Å². The van der Waals surface area contributed by atoms with Crippen LogP contribution in [0.1, 0.15) is 5.82 Å². The molecule has 2 aromatic heterocycles. The molecule has 0 bridgehead atoms. The van der Waals surface area contributed by atoms with Crippen LogP contribution in [-0.4, -0.2) is 33.4 Å². The number of hydrogen-bond acceptors (Lipinski definition) is 6. The largest absolute Gasteiger partial charge is 0.479 e. The molecule has 0 atom stereocenters. The Kier molecular flexibility index (Phi) is 3.61. The highest BCUT2D eigenvalue weighted by atomic mass is 16.5. The Morgan fingerprint density at radius 2 is 2.28 bits per heavy atom. The maximum absolute atomic E-state index is 5.69. The van der Waals surface area contributed by atoms with Crippen molar-refractivity contribution in [1.82, 2.24) is 19.7 Å². The second kappa shape index (κ2) is 5.35. The van der Waals surface area contributed by atoms with Crippen molar-refractivity contribution in [2.24, 2.45) is 7.05 Å². The lowest BCUT2D eigenvalue weighted by atomic mass is 10.3. The van der Waals surface area contributed by atoms with Crippen molar-refractivity contribution in [1.29, 1.82) is 0 Å². The van der Waals surface area contributed by atoms with E-state index in [1.807, 2.05) is 17.7 Å². The minimum atomic E-state index is 0.429. The molecule has 0 radical (unpaired) electrons. The molecule has 2 rings (SSSR count). The summed E-state index contributed by atoms with van der Waals surface area (Å²) in [5.41, 5.74) is 6.21. The fourth-order valence-corrected chi connectivity index (χ4v) is 1.55. The fourth-order valence-electron chi connectivity index (χ4n) is 1.55.